The largest absolute Gasteiger partial charge is 0.454 e. The summed E-state index contributed by atoms with van der Waals surface area (Å²) in [6.07, 6.45) is 4.65. The number of carbonyl (C=O) groups excluding carboxylic acids is 2. The molecule has 0 aromatic rings. The van der Waals surface area contributed by atoms with Crippen molar-refractivity contribution >= 4 is 11.9 Å². The first kappa shape index (κ1) is 18.5. The monoisotopic (exact) mass is 310 g/mol. The molecule has 1 aliphatic heterocycles. The molecular weight excluding hydrogens is 284 g/mol. The molecule has 0 aromatic carbocycles. The van der Waals surface area contributed by atoms with Gasteiger partial charge in [0.2, 0.25) is 5.60 Å². The highest BCUT2D eigenvalue weighted by atomic mass is 16.6. The summed E-state index contributed by atoms with van der Waals surface area (Å²) in [5.41, 5.74) is -1.38. The van der Waals surface area contributed by atoms with E-state index in [1.807, 2.05) is 27.7 Å². The van der Waals surface area contributed by atoms with Crippen molar-refractivity contribution in [2.24, 2.45) is 11.8 Å². The van der Waals surface area contributed by atoms with Crippen LogP contribution in [0.25, 0.3) is 0 Å². The van der Waals surface area contributed by atoms with E-state index in [0.29, 0.717) is 12.3 Å². The Morgan fingerprint density at radius 3 is 2.18 bits per heavy atom. The molecule has 0 amide bonds. The maximum atomic E-state index is 11.6. The van der Waals surface area contributed by atoms with E-state index in [9.17, 15) is 9.59 Å². The maximum Gasteiger partial charge on any atom is 0.304 e. The van der Waals surface area contributed by atoms with E-state index < -0.39 is 35.9 Å². The Kier molecular flexibility index (Phi) is 6.01. The van der Waals surface area contributed by atoms with Crippen molar-refractivity contribution in [2.45, 2.75) is 71.9 Å². The first-order valence-corrected chi connectivity index (χ1v) is 7.64. The van der Waals surface area contributed by atoms with Crippen LogP contribution in [0.2, 0.25) is 0 Å². The fourth-order valence-electron chi connectivity index (χ4n) is 2.98. The second-order valence-corrected chi connectivity index (χ2v) is 6.53. The minimum Gasteiger partial charge on any atom is -0.454 e. The van der Waals surface area contributed by atoms with E-state index in [1.165, 1.54) is 13.8 Å². The summed E-state index contributed by atoms with van der Waals surface area (Å²) >= 11 is 0. The van der Waals surface area contributed by atoms with Crippen LogP contribution >= 0.6 is 0 Å². The third-order valence-corrected chi connectivity index (χ3v) is 3.64. The standard InChI is InChI=1S/C17H26O5/c1-8-17(22-13(7)19)15(11(4)5)21-14(9-10(2)3)16(17)20-12(6)18/h1,10-11,14-16H,9H2,2-7H3/t14-,15+,16-,17+/m1/s1. The SMILES string of the molecule is C#C[C@@]1(OC(C)=O)[C@H](OC(C)=O)[C@@H](CC(C)C)O[C@H]1C(C)C. The summed E-state index contributed by atoms with van der Waals surface area (Å²) in [5, 5.41) is 0. The van der Waals surface area contributed by atoms with Crippen molar-refractivity contribution in [3.05, 3.63) is 0 Å². The minimum atomic E-state index is -1.38. The van der Waals surface area contributed by atoms with Crippen LogP contribution in [0.3, 0.4) is 0 Å². The molecule has 0 N–H and O–H groups in total. The van der Waals surface area contributed by atoms with Crippen molar-refractivity contribution in [2.75, 3.05) is 0 Å². The van der Waals surface area contributed by atoms with Crippen molar-refractivity contribution in [1.29, 1.82) is 0 Å². The molecule has 0 aromatic heterocycles. The average Bonchev–Trinajstić information content (AvgIpc) is 2.63. The molecular formula is C17H26O5. The number of terminal acetylenes is 1. The third-order valence-electron chi connectivity index (χ3n) is 3.64. The van der Waals surface area contributed by atoms with Gasteiger partial charge in [-0.15, -0.1) is 6.42 Å². The lowest BCUT2D eigenvalue weighted by atomic mass is 9.84. The maximum absolute atomic E-state index is 11.6. The fourth-order valence-corrected chi connectivity index (χ4v) is 2.98. The lowest BCUT2D eigenvalue weighted by Gasteiger charge is -2.34. The van der Waals surface area contributed by atoms with Crippen molar-refractivity contribution in [1.82, 2.24) is 0 Å². The Labute approximate surface area is 132 Å². The Morgan fingerprint density at radius 2 is 1.82 bits per heavy atom. The topological polar surface area (TPSA) is 61.8 Å². The Bertz CT molecular complexity index is 462. The number of rotatable bonds is 5. The number of hydrogen-bond donors (Lipinski definition) is 0. The van der Waals surface area contributed by atoms with Crippen molar-refractivity contribution in [3.63, 3.8) is 0 Å². The quantitative estimate of drug-likeness (QED) is 0.576. The van der Waals surface area contributed by atoms with Gasteiger partial charge in [0.15, 0.2) is 6.10 Å². The second-order valence-electron chi connectivity index (χ2n) is 6.53. The van der Waals surface area contributed by atoms with Crippen LogP contribution in [0, 0.1) is 24.2 Å². The van der Waals surface area contributed by atoms with E-state index in [1.54, 1.807) is 0 Å². The molecule has 1 fully saturated rings. The van der Waals surface area contributed by atoms with Gasteiger partial charge < -0.3 is 14.2 Å². The third kappa shape index (κ3) is 3.80. The van der Waals surface area contributed by atoms with Gasteiger partial charge in [-0.25, -0.2) is 0 Å². The fraction of sp³-hybridized carbons (Fsp3) is 0.765. The molecule has 0 radical (unpaired) electrons. The van der Waals surface area contributed by atoms with Crippen LogP contribution in [0.1, 0.15) is 48.0 Å². The van der Waals surface area contributed by atoms with Crippen molar-refractivity contribution in [3.8, 4) is 12.3 Å². The van der Waals surface area contributed by atoms with Crippen molar-refractivity contribution < 1.29 is 23.8 Å². The molecule has 5 nitrogen and oxygen atoms in total. The van der Waals surface area contributed by atoms with Crippen LogP contribution in [-0.2, 0) is 23.8 Å². The summed E-state index contributed by atoms with van der Waals surface area (Å²) in [7, 11) is 0. The van der Waals surface area contributed by atoms with Crippen LogP contribution in [-0.4, -0.2) is 35.9 Å². The van der Waals surface area contributed by atoms with Gasteiger partial charge in [0.05, 0.1) is 0 Å². The predicted octanol–water partition coefficient (Wildman–Crippen LogP) is 2.32. The lowest BCUT2D eigenvalue weighted by Crippen LogP contribution is -2.53. The van der Waals surface area contributed by atoms with E-state index in [2.05, 4.69) is 5.92 Å². The summed E-state index contributed by atoms with van der Waals surface area (Å²) in [6.45, 7) is 10.5. The minimum absolute atomic E-state index is 0.00520. The van der Waals surface area contributed by atoms with Gasteiger partial charge in [-0.3, -0.25) is 9.59 Å². The Balaban J connectivity index is 3.30. The second kappa shape index (κ2) is 7.15. The van der Waals surface area contributed by atoms with Gasteiger partial charge >= 0.3 is 11.9 Å². The molecule has 0 unspecified atom stereocenters. The highest BCUT2D eigenvalue weighted by molar-refractivity contribution is 5.69. The molecule has 0 saturated carbocycles. The van der Waals surface area contributed by atoms with Gasteiger partial charge in [0.1, 0.15) is 12.2 Å². The van der Waals surface area contributed by atoms with E-state index in [-0.39, 0.29) is 5.92 Å². The van der Waals surface area contributed by atoms with Crippen LogP contribution in [0.5, 0.6) is 0 Å². The zero-order chi connectivity index (χ0) is 17.1. The Hall–Kier alpha value is -1.54. The van der Waals surface area contributed by atoms with Gasteiger partial charge in [-0.1, -0.05) is 33.6 Å². The first-order chi connectivity index (χ1) is 10.1. The van der Waals surface area contributed by atoms with Gasteiger partial charge in [-0.05, 0) is 18.3 Å². The summed E-state index contributed by atoms with van der Waals surface area (Å²) in [4.78, 5) is 23.1. The van der Waals surface area contributed by atoms with Gasteiger partial charge in [0.25, 0.3) is 0 Å². The number of esters is 2. The molecule has 124 valence electrons. The first-order valence-electron chi connectivity index (χ1n) is 7.64. The number of ether oxygens (including phenoxy) is 3. The molecule has 0 spiro atoms. The lowest BCUT2D eigenvalue weighted by molar-refractivity contribution is -0.174. The molecule has 22 heavy (non-hydrogen) atoms. The van der Waals surface area contributed by atoms with Crippen LogP contribution in [0.4, 0.5) is 0 Å². The van der Waals surface area contributed by atoms with E-state index in [0.717, 1.165) is 0 Å². The number of carbonyl (C=O) groups is 2. The molecule has 1 aliphatic rings. The zero-order valence-electron chi connectivity index (χ0n) is 14.2. The Morgan fingerprint density at radius 1 is 1.23 bits per heavy atom. The van der Waals surface area contributed by atoms with Crippen LogP contribution in [0.15, 0.2) is 0 Å². The average molecular weight is 310 g/mol. The summed E-state index contributed by atoms with van der Waals surface area (Å²) in [6, 6.07) is 0. The molecule has 5 heteroatoms. The molecule has 4 atom stereocenters. The zero-order valence-corrected chi connectivity index (χ0v) is 14.2. The predicted molar refractivity (Wildman–Crippen MR) is 81.8 cm³/mol. The normalized spacial score (nSPS) is 31.1. The summed E-state index contributed by atoms with van der Waals surface area (Å²) < 4.78 is 17.0. The molecule has 0 bridgehead atoms. The summed E-state index contributed by atoms with van der Waals surface area (Å²) in [5.74, 6) is 1.89. The highest BCUT2D eigenvalue weighted by Gasteiger charge is 2.61. The van der Waals surface area contributed by atoms with Gasteiger partial charge in [-0.2, -0.15) is 0 Å². The molecule has 1 heterocycles. The smallest absolute Gasteiger partial charge is 0.304 e. The molecule has 1 saturated heterocycles. The molecule has 0 aliphatic carbocycles. The van der Waals surface area contributed by atoms with E-state index in [4.69, 9.17) is 20.6 Å². The highest BCUT2D eigenvalue weighted by Crippen LogP contribution is 2.42. The van der Waals surface area contributed by atoms with Crippen LogP contribution < -0.4 is 0 Å². The molecule has 1 rings (SSSR count). The van der Waals surface area contributed by atoms with Gasteiger partial charge in [0, 0.05) is 13.8 Å². The number of hydrogen-bond acceptors (Lipinski definition) is 5. The van der Waals surface area contributed by atoms with E-state index >= 15 is 0 Å².